The Labute approximate surface area is 230 Å². The number of hydrogen-bond acceptors (Lipinski definition) is 4. The van der Waals surface area contributed by atoms with Crippen LogP contribution in [0.2, 0.25) is 12.1 Å². The SMILES string of the molecule is CC[Si]1(CC)c2cccc(-c3ccc(OC)cc3)c2C=Cc2c1cc1ccnnc1c2-c1ccc(C#N)cc1. The molecule has 0 atom stereocenters. The van der Waals surface area contributed by atoms with Crippen molar-refractivity contribution in [2.45, 2.75) is 25.9 Å². The quantitative estimate of drug-likeness (QED) is 0.234. The van der Waals surface area contributed by atoms with Gasteiger partial charge in [-0.25, -0.2) is 0 Å². The molecule has 0 fully saturated rings. The largest absolute Gasteiger partial charge is 0.497 e. The summed E-state index contributed by atoms with van der Waals surface area (Å²) in [4.78, 5) is 0. The average molecular weight is 524 g/mol. The standard InChI is InChI=1S/C34H29N3OSi/c1-4-39(5-2)31-8-6-7-28(24-13-15-27(38-3)16-14-24)29(31)17-18-30-32(39)21-26-19-20-36-37-34(26)33(30)25-11-9-23(22-35)10-12-25/h6-21H,4-5H2,1-3H3. The molecular formula is C34H29N3OSi. The van der Waals surface area contributed by atoms with E-state index < -0.39 is 8.07 Å². The van der Waals surface area contributed by atoms with Crippen LogP contribution in [0.1, 0.15) is 30.5 Å². The van der Waals surface area contributed by atoms with Gasteiger partial charge in [-0.2, -0.15) is 10.4 Å². The number of aromatic nitrogens is 2. The number of ether oxygens (including phenoxy) is 1. The molecule has 190 valence electrons. The summed E-state index contributed by atoms with van der Waals surface area (Å²) in [5, 5.41) is 22.3. The first-order chi connectivity index (χ1) is 19.1. The van der Waals surface area contributed by atoms with Gasteiger partial charge in [0.25, 0.3) is 0 Å². The van der Waals surface area contributed by atoms with Crippen LogP contribution in [0, 0.1) is 11.3 Å². The summed E-state index contributed by atoms with van der Waals surface area (Å²) < 4.78 is 5.42. The monoisotopic (exact) mass is 523 g/mol. The molecule has 0 aliphatic carbocycles. The fourth-order valence-electron chi connectivity index (χ4n) is 6.23. The molecule has 0 N–H and O–H groups in total. The van der Waals surface area contributed by atoms with Gasteiger partial charge in [0, 0.05) is 10.9 Å². The molecule has 0 bridgehead atoms. The number of rotatable bonds is 5. The molecule has 1 aliphatic heterocycles. The van der Waals surface area contributed by atoms with Crippen molar-refractivity contribution < 1.29 is 4.74 Å². The summed E-state index contributed by atoms with van der Waals surface area (Å²) in [6.45, 7) is 4.70. The van der Waals surface area contributed by atoms with E-state index >= 15 is 0 Å². The fourth-order valence-corrected chi connectivity index (χ4v) is 10.8. The van der Waals surface area contributed by atoms with Crippen LogP contribution in [0.5, 0.6) is 5.75 Å². The Morgan fingerprint density at radius 3 is 2.23 bits per heavy atom. The zero-order valence-electron chi connectivity index (χ0n) is 22.4. The van der Waals surface area contributed by atoms with E-state index in [1.807, 2.05) is 36.4 Å². The number of nitrogens with zero attached hydrogens (tertiary/aromatic N) is 3. The van der Waals surface area contributed by atoms with Crippen LogP contribution in [0.25, 0.3) is 45.3 Å². The van der Waals surface area contributed by atoms with Crippen LogP contribution in [0.15, 0.2) is 85.1 Å². The molecule has 5 aromatic rings. The van der Waals surface area contributed by atoms with Gasteiger partial charge in [-0.1, -0.05) is 86.6 Å². The number of methoxy groups -OCH3 is 1. The number of nitriles is 1. The van der Waals surface area contributed by atoms with Crippen LogP contribution in [-0.2, 0) is 0 Å². The topological polar surface area (TPSA) is 58.8 Å². The third-order valence-corrected chi connectivity index (χ3v) is 13.6. The van der Waals surface area contributed by atoms with Crippen LogP contribution in [-0.4, -0.2) is 25.4 Å². The molecule has 5 heteroatoms. The fraction of sp³-hybridized carbons (Fsp3) is 0.147. The summed E-state index contributed by atoms with van der Waals surface area (Å²) in [6.07, 6.45) is 6.38. The molecule has 0 unspecified atom stereocenters. The maximum atomic E-state index is 9.40. The van der Waals surface area contributed by atoms with E-state index in [0.717, 1.165) is 39.9 Å². The molecule has 0 saturated heterocycles. The minimum absolute atomic E-state index is 0.647. The van der Waals surface area contributed by atoms with E-state index in [4.69, 9.17) is 4.74 Å². The normalized spacial score (nSPS) is 13.3. The second-order valence-corrected chi connectivity index (χ2v) is 14.6. The highest BCUT2D eigenvalue weighted by atomic mass is 28.3. The third kappa shape index (κ3) is 3.96. The van der Waals surface area contributed by atoms with Crippen molar-refractivity contribution >= 4 is 41.5 Å². The van der Waals surface area contributed by atoms with Crippen molar-refractivity contribution in [3.05, 3.63) is 102 Å². The second-order valence-electron chi connectivity index (χ2n) is 9.99. The lowest BCUT2D eigenvalue weighted by Gasteiger charge is -2.34. The van der Waals surface area contributed by atoms with Crippen molar-refractivity contribution in [2.24, 2.45) is 0 Å². The minimum atomic E-state index is -2.19. The van der Waals surface area contributed by atoms with Gasteiger partial charge in [-0.05, 0) is 68.5 Å². The number of fused-ring (bicyclic) bond motifs is 3. The van der Waals surface area contributed by atoms with E-state index in [1.54, 1.807) is 13.3 Å². The molecule has 4 nitrogen and oxygen atoms in total. The summed E-state index contributed by atoms with van der Waals surface area (Å²) in [5.74, 6) is 0.856. The van der Waals surface area contributed by atoms with E-state index in [0.29, 0.717) is 5.56 Å². The van der Waals surface area contributed by atoms with Crippen molar-refractivity contribution in [1.82, 2.24) is 10.2 Å². The van der Waals surface area contributed by atoms with Crippen LogP contribution in [0.4, 0.5) is 0 Å². The molecule has 1 aromatic heterocycles. The van der Waals surface area contributed by atoms with E-state index in [1.165, 1.54) is 32.6 Å². The summed E-state index contributed by atoms with van der Waals surface area (Å²) in [6, 6.07) is 31.9. The zero-order chi connectivity index (χ0) is 27.0. The average Bonchev–Trinajstić information content (AvgIpc) is 3.14. The third-order valence-electron chi connectivity index (χ3n) is 8.31. The Morgan fingerprint density at radius 1 is 0.821 bits per heavy atom. The molecule has 0 spiro atoms. The number of hydrogen-bond donors (Lipinski definition) is 0. The van der Waals surface area contributed by atoms with Crippen molar-refractivity contribution in [3.8, 4) is 34.1 Å². The van der Waals surface area contributed by atoms with Gasteiger partial charge in [-0.3, -0.25) is 0 Å². The minimum Gasteiger partial charge on any atom is -0.497 e. The smallest absolute Gasteiger partial charge is 0.119 e. The van der Waals surface area contributed by atoms with Crippen molar-refractivity contribution in [2.75, 3.05) is 7.11 Å². The first-order valence-corrected chi connectivity index (χ1v) is 15.8. The summed E-state index contributed by atoms with van der Waals surface area (Å²) in [7, 11) is -0.491. The van der Waals surface area contributed by atoms with Crippen LogP contribution in [0.3, 0.4) is 0 Å². The summed E-state index contributed by atoms with van der Waals surface area (Å²) >= 11 is 0. The molecule has 0 radical (unpaired) electrons. The second kappa shape index (κ2) is 9.98. The predicted octanol–water partition coefficient (Wildman–Crippen LogP) is 6.93. The highest BCUT2D eigenvalue weighted by molar-refractivity contribution is 7.03. The molecule has 0 saturated carbocycles. The Balaban J connectivity index is 1.69. The predicted molar refractivity (Wildman–Crippen MR) is 163 cm³/mol. The maximum absolute atomic E-state index is 9.40. The maximum Gasteiger partial charge on any atom is 0.119 e. The zero-order valence-corrected chi connectivity index (χ0v) is 23.4. The van der Waals surface area contributed by atoms with Gasteiger partial charge in [-0.15, -0.1) is 5.10 Å². The van der Waals surface area contributed by atoms with Gasteiger partial charge in [0.15, 0.2) is 0 Å². The highest BCUT2D eigenvalue weighted by Gasteiger charge is 2.39. The Morgan fingerprint density at radius 2 is 1.54 bits per heavy atom. The molecule has 1 aliphatic rings. The lowest BCUT2D eigenvalue weighted by Crippen LogP contribution is -2.58. The lowest BCUT2D eigenvalue weighted by molar-refractivity contribution is 0.415. The molecule has 4 aromatic carbocycles. The van der Waals surface area contributed by atoms with Crippen LogP contribution >= 0.6 is 0 Å². The Hall–Kier alpha value is -4.53. The van der Waals surface area contributed by atoms with E-state index in [2.05, 4.69) is 84.7 Å². The van der Waals surface area contributed by atoms with E-state index in [9.17, 15) is 5.26 Å². The van der Waals surface area contributed by atoms with Crippen molar-refractivity contribution in [1.29, 1.82) is 5.26 Å². The van der Waals surface area contributed by atoms with E-state index in [-0.39, 0.29) is 0 Å². The molecule has 6 rings (SSSR count). The summed E-state index contributed by atoms with van der Waals surface area (Å²) in [5.41, 5.74) is 8.63. The highest BCUT2D eigenvalue weighted by Crippen LogP contribution is 2.37. The lowest BCUT2D eigenvalue weighted by atomic mass is 9.94. The van der Waals surface area contributed by atoms with Crippen molar-refractivity contribution in [3.63, 3.8) is 0 Å². The van der Waals surface area contributed by atoms with Crippen LogP contribution < -0.4 is 15.1 Å². The van der Waals surface area contributed by atoms with Gasteiger partial charge < -0.3 is 4.74 Å². The molecule has 0 amide bonds. The molecule has 39 heavy (non-hydrogen) atoms. The van der Waals surface area contributed by atoms with Gasteiger partial charge >= 0.3 is 0 Å². The molecule has 2 heterocycles. The molecular weight excluding hydrogens is 494 g/mol. The van der Waals surface area contributed by atoms with Gasteiger partial charge in [0.1, 0.15) is 19.3 Å². The Kier molecular flexibility index (Phi) is 6.34. The Bertz CT molecular complexity index is 1760. The van der Waals surface area contributed by atoms with Gasteiger partial charge in [0.2, 0.25) is 0 Å². The first kappa shape index (κ1) is 24.8. The number of benzene rings is 4. The first-order valence-electron chi connectivity index (χ1n) is 13.4. The van der Waals surface area contributed by atoms with Gasteiger partial charge in [0.05, 0.1) is 24.9 Å².